The van der Waals surface area contributed by atoms with Crippen LogP contribution in [0.4, 0.5) is 4.39 Å². The lowest BCUT2D eigenvalue weighted by molar-refractivity contribution is -0.249. The molecule has 4 nitrogen and oxygen atoms in total. The van der Waals surface area contributed by atoms with Crippen molar-refractivity contribution in [2.75, 3.05) is 0 Å². The third-order valence-electron chi connectivity index (χ3n) is 8.48. The van der Waals surface area contributed by atoms with Crippen molar-refractivity contribution >= 4 is 6.08 Å². The van der Waals surface area contributed by atoms with Crippen molar-refractivity contribution in [3.05, 3.63) is 125 Å². The summed E-state index contributed by atoms with van der Waals surface area (Å²) in [6.45, 7) is 2.30. The Labute approximate surface area is 216 Å². The van der Waals surface area contributed by atoms with Crippen LogP contribution in [0.15, 0.2) is 96.7 Å². The number of aromatic nitrogens is 2. The van der Waals surface area contributed by atoms with Crippen LogP contribution in [0.3, 0.4) is 0 Å². The van der Waals surface area contributed by atoms with Gasteiger partial charge in [-0.1, -0.05) is 73.2 Å². The molecule has 3 aliphatic rings. The Hall–Kier alpha value is -3.54. The van der Waals surface area contributed by atoms with Gasteiger partial charge in [0.05, 0.1) is 17.6 Å². The summed E-state index contributed by atoms with van der Waals surface area (Å²) in [4.78, 5) is 0. The second kappa shape index (κ2) is 8.51. The maximum Gasteiger partial charge on any atom is 0.179 e. The zero-order valence-electron chi connectivity index (χ0n) is 20.8. The zero-order valence-corrected chi connectivity index (χ0v) is 20.8. The van der Waals surface area contributed by atoms with Crippen molar-refractivity contribution in [3.63, 3.8) is 0 Å². The van der Waals surface area contributed by atoms with Crippen molar-refractivity contribution in [3.8, 4) is 5.69 Å². The Morgan fingerprint density at radius 1 is 0.865 bits per heavy atom. The van der Waals surface area contributed by atoms with Crippen LogP contribution in [0, 0.1) is 11.2 Å². The number of benzene rings is 3. The van der Waals surface area contributed by atoms with Gasteiger partial charge in [0.15, 0.2) is 5.79 Å². The second-order valence-corrected chi connectivity index (χ2v) is 10.6. The molecule has 5 heteroatoms. The Morgan fingerprint density at radius 3 is 2.11 bits per heavy atom. The molecule has 0 unspecified atom stereocenters. The summed E-state index contributed by atoms with van der Waals surface area (Å²) in [6, 6.07) is 27.4. The fraction of sp³-hybridized carbons (Fsp3) is 0.281. The van der Waals surface area contributed by atoms with Gasteiger partial charge in [-0.2, -0.15) is 5.10 Å². The minimum absolute atomic E-state index is 0.192. The first-order valence-electron chi connectivity index (χ1n) is 13.1. The highest BCUT2D eigenvalue weighted by molar-refractivity contribution is 5.62. The highest BCUT2D eigenvalue weighted by Gasteiger charge is 2.62. The van der Waals surface area contributed by atoms with E-state index in [4.69, 9.17) is 14.6 Å². The predicted octanol–water partition coefficient (Wildman–Crippen LogP) is 7.37. The maximum atomic E-state index is 13.5. The smallest absolute Gasteiger partial charge is 0.179 e. The average molecular weight is 493 g/mol. The van der Waals surface area contributed by atoms with Gasteiger partial charge in [-0.25, -0.2) is 9.07 Å². The number of fused-ring (bicyclic) bond motifs is 3. The summed E-state index contributed by atoms with van der Waals surface area (Å²) in [5.74, 6) is -0.991. The Bertz CT molecular complexity index is 1410. The summed E-state index contributed by atoms with van der Waals surface area (Å²) in [6.07, 6.45) is 7.43. The number of halogens is 1. The topological polar surface area (TPSA) is 36.3 Å². The van der Waals surface area contributed by atoms with E-state index in [2.05, 4.69) is 61.5 Å². The Morgan fingerprint density at radius 2 is 1.49 bits per heavy atom. The van der Waals surface area contributed by atoms with Gasteiger partial charge < -0.3 is 9.47 Å². The molecule has 0 radical (unpaired) electrons. The largest absolute Gasteiger partial charge is 0.338 e. The third kappa shape index (κ3) is 3.52. The van der Waals surface area contributed by atoms with Crippen molar-refractivity contribution in [2.24, 2.45) is 5.41 Å². The molecule has 2 fully saturated rings. The van der Waals surface area contributed by atoms with Crippen molar-refractivity contribution < 1.29 is 13.9 Å². The lowest BCUT2D eigenvalue weighted by atomic mass is 9.62. The van der Waals surface area contributed by atoms with Crippen LogP contribution >= 0.6 is 0 Å². The van der Waals surface area contributed by atoms with Gasteiger partial charge in [0.25, 0.3) is 0 Å². The molecule has 186 valence electrons. The van der Waals surface area contributed by atoms with E-state index in [9.17, 15) is 4.39 Å². The Kier molecular flexibility index (Phi) is 5.20. The number of nitrogens with zero attached hydrogens (tertiary/aromatic N) is 2. The number of hydrogen-bond acceptors (Lipinski definition) is 3. The first-order valence-corrected chi connectivity index (χ1v) is 13.1. The van der Waals surface area contributed by atoms with Crippen LogP contribution in [0.5, 0.6) is 0 Å². The normalized spacial score (nSPS) is 25.9. The van der Waals surface area contributed by atoms with Gasteiger partial charge in [-0.15, -0.1) is 0 Å². The van der Waals surface area contributed by atoms with E-state index in [1.54, 1.807) is 12.1 Å². The fourth-order valence-corrected chi connectivity index (χ4v) is 6.51. The van der Waals surface area contributed by atoms with Crippen LogP contribution in [0.1, 0.15) is 60.8 Å². The van der Waals surface area contributed by atoms with Gasteiger partial charge in [-0.05, 0) is 66.3 Å². The minimum Gasteiger partial charge on any atom is -0.338 e. The van der Waals surface area contributed by atoms with E-state index < -0.39 is 5.79 Å². The van der Waals surface area contributed by atoms with E-state index in [0.717, 1.165) is 53.8 Å². The number of ether oxygens (including phenoxy) is 2. The van der Waals surface area contributed by atoms with Crippen LogP contribution in [0.2, 0.25) is 0 Å². The van der Waals surface area contributed by atoms with Gasteiger partial charge in [0, 0.05) is 11.8 Å². The molecule has 7 rings (SSSR count). The van der Waals surface area contributed by atoms with E-state index in [1.165, 1.54) is 17.7 Å². The quantitative estimate of drug-likeness (QED) is 0.300. The third-order valence-corrected chi connectivity index (χ3v) is 8.48. The summed E-state index contributed by atoms with van der Waals surface area (Å²) >= 11 is 0. The molecular weight excluding hydrogens is 463 g/mol. The lowest BCUT2D eigenvalue weighted by Gasteiger charge is -2.51. The fourth-order valence-electron chi connectivity index (χ4n) is 6.51. The SMILES string of the molecule is C[C@]12Cc3cnn(-c4ccc(F)cc4)c3C=C1CCCC21O[C@H](c2ccccc2)[C@@H](c2ccccc2)O1. The molecule has 2 aliphatic carbocycles. The standard InChI is InChI=1S/C32H29FN2O2/c1-31-20-24-21-34-35(27-16-14-26(33)15-17-27)28(24)19-25(31)13-8-18-32(31)36-29(22-9-4-2-5-10-22)30(37-32)23-11-6-3-7-12-23/h2-7,9-12,14-17,19,21,29-30H,8,13,18,20H2,1H3/t29-,30-,31+/m1/s1. The first-order chi connectivity index (χ1) is 18.1. The molecule has 1 saturated heterocycles. The molecule has 1 aromatic heterocycles. The molecule has 4 aromatic rings. The maximum absolute atomic E-state index is 13.5. The van der Waals surface area contributed by atoms with E-state index >= 15 is 0 Å². The second-order valence-electron chi connectivity index (χ2n) is 10.6. The lowest BCUT2D eigenvalue weighted by Crippen LogP contribution is -2.53. The van der Waals surface area contributed by atoms with Crippen molar-refractivity contribution in [1.82, 2.24) is 9.78 Å². The molecule has 37 heavy (non-hydrogen) atoms. The van der Waals surface area contributed by atoms with Gasteiger partial charge >= 0.3 is 0 Å². The molecular formula is C32H29FN2O2. The zero-order chi connectivity index (χ0) is 25.0. The molecule has 2 heterocycles. The van der Waals surface area contributed by atoms with E-state index in [-0.39, 0.29) is 23.4 Å². The molecule has 0 N–H and O–H groups in total. The number of hydrogen-bond donors (Lipinski definition) is 0. The minimum atomic E-state index is -0.742. The van der Waals surface area contributed by atoms with E-state index in [0.29, 0.717) is 0 Å². The molecule has 1 aliphatic heterocycles. The summed E-state index contributed by atoms with van der Waals surface area (Å²) in [7, 11) is 0. The van der Waals surface area contributed by atoms with Crippen molar-refractivity contribution in [2.45, 2.75) is 50.6 Å². The molecule has 0 amide bonds. The van der Waals surface area contributed by atoms with E-state index in [1.807, 2.05) is 23.0 Å². The highest BCUT2D eigenvalue weighted by Crippen LogP contribution is 2.62. The van der Waals surface area contributed by atoms with Crippen molar-refractivity contribution in [1.29, 1.82) is 0 Å². The number of rotatable bonds is 3. The summed E-state index contributed by atoms with van der Waals surface area (Å²) < 4.78 is 29.7. The summed E-state index contributed by atoms with van der Waals surface area (Å²) in [5, 5.41) is 4.69. The van der Waals surface area contributed by atoms with Crippen LogP contribution in [0.25, 0.3) is 11.8 Å². The van der Waals surface area contributed by atoms with Crippen LogP contribution in [-0.4, -0.2) is 15.6 Å². The molecule has 3 atom stereocenters. The monoisotopic (exact) mass is 492 g/mol. The molecule has 3 aromatic carbocycles. The highest BCUT2D eigenvalue weighted by atomic mass is 19.1. The molecule has 1 saturated carbocycles. The van der Waals surface area contributed by atoms with Crippen LogP contribution < -0.4 is 0 Å². The average Bonchev–Trinajstić information content (AvgIpc) is 3.52. The summed E-state index contributed by atoms with van der Waals surface area (Å²) in [5.41, 5.74) is 6.34. The van der Waals surface area contributed by atoms with Gasteiger partial charge in [-0.3, -0.25) is 0 Å². The van der Waals surface area contributed by atoms with Gasteiger partial charge in [0.2, 0.25) is 0 Å². The molecule has 0 bridgehead atoms. The Balaban J connectivity index is 1.30. The predicted molar refractivity (Wildman–Crippen MR) is 140 cm³/mol. The molecule has 1 spiro atoms. The first kappa shape index (κ1) is 22.6. The van der Waals surface area contributed by atoms with Gasteiger partial charge in [0.1, 0.15) is 18.0 Å². The van der Waals surface area contributed by atoms with Crippen LogP contribution in [-0.2, 0) is 15.9 Å².